The summed E-state index contributed by atoms with van der Waals surface area (Å²) in [7, 11) is 0. The van der Waals surface area contributed by atoms with Gasteiger partial charge < -0.3 is 5.32 Å². The Morgan fingerprint density at radius 1 is 1.47 bits per heavy atom. The standard InChI is InChI=1S/C14H23N3O2/c1-4-6-15-12(8-11(2)3)9-13-10-14(17(18)19)5-7-16-13/h5,7,10-12,15H,4,6,8-9H2,1-3H3. The Balaban J connectivity index is 2.71. The predicted octanol–water partition coefficient (Wildman–Crippen LogP) is 2.95. The van der Waals surface area contributed by atoms with Crippen LogP contribution in [-0.2, 0) is 6.42 Å². The molecule has 1 aromatic rings. The largest absolute Gasteiger partial charge is 0.314 e. The second kappa shape index (κ2) is 7.84. The van der Waals surface area contributed by atoms with E-state index in [9.17, 15) is 10.1 Å². The summed E-state index contributed by atoms with van der Waals surface area (Å²) in [6.07, 6.45) is 4.38. The summed E-state index contributed by atoms with van der Waals surface area (Å²) in [4.78, 5) is 14.6. The van der Waals surface area contributed by atoms with Crippen LogP contribution in [0.2, 0.25) is 0 Å². The second-order valence-electron chi connectivity index (χ2n) is 5.25. The van der Waals surface area contributed by atoms with E-state index in [1.165, 1.54) is 12.3 Å². The van der Waals surface area contributed by atoms with Crippen LogP contribution in [0.1, 0.15) is 39.3 Å². The number of aromatic nitrogens is 1. The van der Waals surface area contributed by atoms with Crippen LogP contribution in [0.4, 0.5) is 5.69 Å². The molecule has 0 saturated carbocycles. The van der Waals surface area contributed by atoms with Crippen molar-refractivity contribution in [3.63, 3.8) is 0 Å². The Labute approximate surface area is 114 Å². The van der Waals surface area contributed by atoms with Crippen LogP contribution in [0.3, 0.4) is 0 Å². The lowest BCUT2D eigenvalue weighted by Crippen LogP contribution is -2.33. The van der Waals surface area contributed by atoms with Crippen LogP contribution in [0.15, 0.2) is 18.3 Å². The maximum atomic E-state index is 10.8. The molecule has 5 heteroatoms. The zero-order chi connectivity index (χ0) is 14.3. The van der Waals surface area contributed by atoms with Gasteiger partial charge in [0.25, 0.3) is 5.69 Å². The zero-order valence-electron chi connectivity index (χ0n) is 11.9. The van der Waals surface area contributed by atoms with Crippen molar-refractivity contribution in [2.24, 2.45) is 5.92 Å². The summed E-state index contributed by atoms with van der Waals surface area (Å²) in [5, 5.41) is 14.2. The van der Waals surface area contributed by atoms with Gasteiger partial charge in [-0.15, -0.1) is 0 Å². The van der Waals surface area contributed by atoms with E-state index in [1.807, 2.05) is 0 Å². The van der Waals surface area contributed by atoms with E-state index in [2.05, 4.69) is 31.1 Å². The molecule has 0 aromatic carbocycles. The fraction of sp³-hybridized carbons (Fsp3) is 0.643. The summed E-state index contributed by atoms with van der Waals surface area (Å²) in [5.74, 6) is 0.591. The third-order valence-corrected chi connectivity index (χ3v) is 2.91. The highest BCUT2D eigenvalue weighted by molar-refractivity contribution is 5.29. The number of nitrogens with one attached hydrogen (secondary N) is 1. The summed E-state index contributed by atoms with van der Waals surface area (Å²) in [6.45, 7) is 7.46. The van der Waals surface area contributed by atoms with Crippen LogP contribution >= 0.6 is 0 Å². The maximum Gasteiger partial charge on any atom is 0.272 e. The average molecular weight is 265 g/mol. The number of rotatable bonds is 8. The molecule has 0 fully saturated rings. The molecular formula is C14H23N3O2. The van der Waals surface area contributed by atoms with Crippen molar-refractivity contribution in [3.8, 4) is 0 Å². The minimum Gasteiger partial charge on any atom is -0.314 e. The molecule has 0 aliphatic rings. The maximum absolute atomic E-state index is 10.8. The van der Waals surface area contributed by atoms with Crippen molar-refractivity contribution >= 4 is 5.69 Å². The highest BCUT2D eigenvalue weighted by atomic mass is 16.6. The summed E-state index contributed by atoms with van der Waals surface area (Å²) in [6, 6.07) is 3.33. The molecule has 1 rings (SSSR count). The molecule has 19 heavy (non-hydrogen) atoms. The van der Waals surface area contributed by atoms with Gasteiger partial charge in [0.15, 0.2) is 0 Å². The quantitative estimate of drug-likeness (QED) is 0.579. The SMILES string of the molecule is CCCNC(Cc1cc([N+](=O)[O-])ccn1)CC(C)C. The Bertz CT molecular complexity index is 407. The van der Waals surface area contributed by atoms with E-state index in [0.29, 0.717) is 12.0 Å². The molecule has 5 nitrogen and oxygen atoms in total. The minimum absolute atomic E-state index is 0.115. The number of nitrogens with zero attached hydrogens (tertiary/aromatic N) is 2. The van der Waals surface area contributed by atoms with Gasteiger partial charge >= 0.3 is 0 Å². The lowest BCUT2D eigenvalue weighted by molar-refractivity contribution is -0.385. The van der Waals surface area contributed by atoms with Gasteiger partial charge in [0, 0.05) is 36.5 Å². The third-order valence-electron chi connectivity index (χ3n) is 2.91. The molecule has 0 aliphatic carbocycles. The van der Waals surface area contributed by atoms with Crippen molar-refractivity contribution in [2.45, 2.75) is 46.1 Å². The summed E-state index contributed by atoms with van der Waals surface area (Å²) in [5.41, 5.74) is 0.896. The molecular weight excluding hydrogens is 242 g/mol. The lowest BCUT2D eigenvalue weighted by Gasteiger charge is -2.20. The number of hydrogen-bond donors (Lipinski definition) is 1. The normalized spacial score (nSPS) is 12.6. The van der Waals surface area contributed by atoms with Crippen LogP contribution in [0.25, 0.3) is 0 Å². The Kier molecular flexibility index (Phi) is 6.42. The molecule has 1 heterocycles. The molecule has 0 amide bonds. The van der Waals surface area contributed by atoms with Crippen molar-refractivity contribution in [1.82, 2.24) is 10.3 Å². The van der Waals surface area contributed by atoms with Gasteiger partial charge in [0.1, 0.15) is 0 Å². The number of pyridine rings is 1. The van der Waals surface area contributed by atoms with Crippen LogP contribution in [0.5, 0.6) is 0 Å². The van der Waals surface area contributed by atoms with E-state index in [0.717, 1.165) is 31.5 Å². The van der Waals surface area contributed by atoms with Gasteiger partial charge in [0.2, 0.25) is 0 Å². The predicted molar refractivity (Wildman–Crippen MR) is 76.1 cm³/mol. The van der Waals surface area contributed by atoms with Gasteiger partial charge in [-0.05, 0) is 25.3 Å². The lowest BCUT2D eigenvalue weighted by atomic mass is 9.99. The Morgan fingerprint density at radius 3 is 2.79 bits per heavy atom. The first-order valence-corrected chi connectivity index (χ1v) is 6.85. The van der Waals surface area contributed by atoms with Gasteiger partial charge in [-0.1, -0.05) is 20.8 Å². The summed E-state index contributed by atoms with van der Waals surface area (Å²) < 4.78 is 0. The molecule has 1 N–H and O–H groups in total. The Hall–Kier alpha value is -1.49. The fourth-order valence-electron chi connectivity index (χ4n) is 2.10. The molecule has 106 valence electrons. The monoisotopic (exact) mass is 265 g/mol. The van der Waals surface area contributed by atoms with E-state index < -0.39 is 0 Å². The van der Waals surface area contributed by atoms with Gasteiger partial charge in [-0.3, -0.25) is 15.1 Å². The first kappa shape index (κ1) is 15.6. The van der Waals surface area contributed by atoms with E-state index in [4.69, 9.17) is 0 Å². The molecule has 1 unspecified atom stereocenters. The smallest absolute Gasteiger partial charge is 0.272 e. The van der Waals surface area contributed by atoms with Gasteiger partial charge in [-0.25, -0.2) is 0 Å². The highest BCUT2D eigenvalue weighted by Gasteiger charge is 2.14. The first-order valence-electron chi connectivity index (χ1n) is 6.85. The second-order valence-corrected chi connectivity index (χ2v) is 5.25. The molecule has 1 atom stereocenters. The van der Waals surface area contributed by atoms with Gasteiger partial charge in [-0.2, -0.15) is 0 Å². The van der Waals surface area contributed by atoms with E-state index >= 15 is 0 Å². The molecule has 0 saturated heterocycles. The molecule has 0 bridgehead atoms. The van der Waals surface area contributed by atoms with Gasteiger partial charge in [0.05, 0.1) is 4.92 Å². The zero-order valence-corrected chi connectivity index (χ0v) is 11.9. The molecule has 1 aromatic heterocycles. The molecule has 0 aliphatic heterocycles. The van der Waals surface area contributed by atoms with E-state index in [-0.39, 0.29) is 10.6 Å². The molecule has 0 spiro atoms. The topological polar surface area (TPSA) is 68.1 Å². The fourth-order valence-corrected chi connectivity index (χ4v) is 2.10. The number of nitro groups is 1. The van der Waals surface area contributed by atoms with Crippen LogP contribution in [0, 0.1) is 16.0 Å². The van der Waals surface area contributed by atoms with Crippen molar-refractivity contribution in [1.29, 1.82) is 0 Å². The Morgan fingerprint density at radius 2 is 2.21 bits per heavy atom. The summed E-state index contributed by atoms with van der Waals surface area (Å²) >= 11 is 0. The first-order chi connectivity index (χ1) is 9.02. The van der Waals surface area contributed by atoms with Crippen LogP contribution < -0.4 is 5.32 Å². The van der Waals surface area contributed by atoms with Crippen molar-refractivity contribution in [2.75, 3.05) is 6.54 Å². The third kappa shape index (κ3) is 5.79. The van der Waals surface area contributed by atoms with E-state index in [1.54, 1.807) is 6.07 Å². The molecule has 0 radical (unpaired) electrons. The van der Waals surface area contributed by atoms with Crippen molar-refractivity contribution < 1.29 is 4.92 Å². The average Bonchev–Trinajstić information content (AvgIpc) is 2.35. The minimum atomic E-state index is -0.373. The van der Waals surface area contributed by atoms with Crippen molar-refractivity contribution in [3.05, 3.63) is 34.1 Å². The van der Waals surface area contributed by atoms with Crippen LogP contribution in [-0.4, -0.2) is 22.5 Å². The highest BCUT2D eigenvalue weighted by Crippen LogP contribution is 2.14. The number of hydrogen-bond acceptors (Lipinski definition) is 4.